The lowest BCUT2D eigenvalue weighted by molar-refractivity contribution is -0.115. The van der Waals surface area contributed by atoms with Crippen molar-refractivity contribution in [1.29, 1.82) is 0 Å². The Morgan fingerprint density at radius 2 is 1.68 bits per heavy atom. The predicted molar refractivity (Wildman–Crippen MR) is 142 cm³/mol. The molecule has 1 heterocycles. The number of hydrogen-bond acceptors (Lipinski definition) is 4. The molecule has 0 aromatic heterocycles. The molecule has 1 aliphatic rings. The van der Waals surface area contributed by atoms with E-state index >= 15 is 0 Å². The topological polar surface area (TPSA) is 52.6 Å². The Bertz CT molecular complexity index is 1370. The number of carbonyl (C=O) groups excluding carboxylic acids is 2. The van der Waals surface area contributed by atoms with Gasteiger partial charge in [0.25, 0.3) is 5.91 Å². The summed E-state index contributed by atoms with van der Waals surface area (Å²) in [5, 5.41) is 5.00. The molecule has 4 aromatic rings. The normalized spacial score (nSPS) is 15.5. The van der Waals surface area contributed by atoms with Crippen LogP contribution in [0.15, 0.2) is 91.0 Å². The third-order valence-corrected chi connectivity index (χ3v) is 7.17. The zero-order valence-corrected chi connectivity index (χ0v) is 19.9. The number of thioether (sulfide) groups is 1. The van der Waals surface area contributed by atoms with E-state index < -0.39 is 0 Å². The third-order valence-electron chi connectivity index (χ3n) is 5.95. The Balaban J connectivity index is 1.38. The molecule has 34 heavy (non-hydrogen) atoms. The number of benzene rings is 4. The lowest BCUT2D eigenvalue weighted by Crippen LogP contribution is -2.27. The number of carbonyl (C=O) groups is 2. The van der Waals surface area contributed by atoms with Gasteiger partial charge in [0, 0.05) is 36.7 Å². The number of rotatable bonds is 5. The van der Waals surface area contributed by atoms with Crippen LogP contribution in [0.2, 0.25) is 0 Å². The van der Waals surface area contributed by atoms with Crippen molar-refractivity contribution in [3.05, 3.63) is 102 Å². The van der Waals surface area contributed by atoms with Crippen LogP contribution in [0.1, 0.15) is 21.3 Å². The fraction of sp³-hybridized carbons (Fsp3) is 0.143. The van der Waals surface area contributed by atoms with Crippen molar-refractivity contribution < 1.29 is 9.59 Å². The quantitative estimate of drug-likeness (QED) is 0.395. The standard InChI is InChI=1S/C28H25N3O2S/c1-30(2)24-12-14-25(15-13-24)31-26(32)18-34-28(31)22-8-5-9-23(17-22)29-27(33)21-11-10-19-6-3-4-7-20(19)16-21/h3-17,28H,18H2,1-2H3,(H,29,33). The fourth-order valence-corrected chi connectivity index (χ4v) is 5.33. The van der Waals surface area contributed by atoms with E-state index in [0.29, 0.717) is 17.0 Å². The predicted octanol–water partition coefficient (Wildman–Crippen LogP) is 5.94. The number of amides is 2. The Labute approximate surface area is 203 Å². The van der Waals surface area contributed by atoms with Crippen molar-refractivity contribution in [3.63, 3.8) is 0 Å². The van der Waals surface area contributed by atoms with E-state index in [1.54, 1.807) is 11.8 Å². The van der Waals surface area contributed by atoms with E-state index in [1.807, 2.05) is 115 Å². The highest BCUT2D eigenvalue weighted by Gasteiger charge is 2.34. The molecule has 170 valence electrons. The molecule has 0 spiro atoms. The molecule has 1 aliphatic heterocycles. The SMILES string of the molecule is CN(C)c1ccc(N2C(=O)CSC2c2cccc(NC(=O)c3ccc4ccccc4c3)c2)cc1. The van der Waals surface area contributed by atoms with Gasteiger partial charge in [-0.3, -0.25) is 14.5 Å². The Hall–Kier alpha value is -3.77. The minimum absolute atomic E-state index is 0.0817. The average molecular weight is 468 g/mol. The van der Waals surface area contributed by atoms with Crippen LogP contribution in [0.4, 0.5) is 17.1 Å². The van der Waals surface area contributed by atoms with E-state index in [0.717, 1.165) is 27.7 Å². The second kappa shape index (κ2) is 9.23. The summed E-state index contributed by atoms with van der Waals surface area (Å²) in [4.78, 5) is 29.6. The van der Waals surface area contributed by atoms with Gasteiger partial charge in [0.1, 0.15) is 5.37 Å². The van der Waals surface area contributed by atoms with Crippen LogP contribution in [0.3, 0.4) is 0 Å². The van der Waals surface area contributed by atoms with Crippen molar-refractivity contribution in [2.75, 3.05) is 35.0 Å². The molecule has 6 heteroatoms. The molecule has 4 aromatic carbocycles. The zero-order valence-electron chi connectivity index (χ0n) is 19.1. The molecule has 2 amide bonds. The molecule has 0 radical (unpaired) electrons. The smallest absolute Gasteiger partial charge is 0.255 e. The van der Waals surface area contributed by atoms with Crippen molar-refractivity contribution in [1.82, 2.24) is 0 Å². The molecule has 0 bridgehead atoms. The van der Waals surface area contributed by atoms with Gasteiger partial charge in [-0.2, -0.15) is 0 Å². The van der Waals surface area contributed by atoms with Crippen LogP contribution >= 0.6 is 11.8 Å². The second-order valence-electron chi connectivity index (χ2n) is 8.48. The molecule has 0 aliphatic carbocycles. The average Bonchev–Trinajstić information content (AvgIpc) is 3.25. The summed E-state index contributed by atoms with van der Waals surface area (Å²) in [6.45, 7) is 0. The Morgan fingerprint density at radius 3 is 2.44 bits per heavy atom. The van der Waals surface area contributed by atoms with Crippen LogP contribution in [0.25, 0.3) is 10.8 Å². The van der Waals surface area contributed by atoms with Crippen LogP contribution in [0, 0.1) is 0 Å². The first-order valence-electron chi connectivity index (χ1n) is 11.1. The van der Waals surface area contributed by atoms with Gasteiger partial charge in [0.05, 0.1) is 5.75 Å². The number of anilines is 3. The first-order chi connectivity index (χ1) is 16.5. The summed E-state index contributed by atoms with van der Waals surface area (Å²) in [5.74, 6) is 0.348. The van der Waals surface area contributed by atoms with Crippen LogP contribution in [-0.2, 0) is 4.79 Å². The Kier molecular flexibility index (Phi) is 5.99. The van der Waals surface area contributed by atoms with Gasteiger partial charge in [-0.1, -0.05) is 42.5 Å². The van der Waals surface area contributed by atoms with Crippen molar-refractivity contribution in [3.8, 4) is 0 Å². The van der Waals surface area contributed by atoms with E-state index in [9.17, 15) is 9.59 Å². The first kappa shape index (κ1) is 22.0. The van der Waals surface area contributed by atoms with E-state index in [-0.39, 0.29) is 17.2 Å². The molecule has 5 nitrogen and oxygen atoms in total. The van der Waals surface area contributed by atoms with Gasteiger partial charge >= 0.3 is 0 Å². The highest BCUT2D eigenvalue weighted by molar-refractivity contribution is 8.00. The maximum atomic E-state index is 12.9. The number of nitrogens with zero attached hydrogens (tertiary/aromatic N) is 2. The summed E-state index contributed by atoms with van der Waals surface area (Å²) in [5.41, 5.74) is 4.24. The van der Waals surface area contributed by atoms with Gasteiger partial charge < -0.3 is 10.2 Å². The molecular weight excluding hydrogens is 442 g/mol. The molecular formula is C28H25N3O2S. The molecule has 1 fully saturated rings. The number of fused-ring (bicyclic) bond motifs is 1. The summed E-state index contributed by atoms with van der Waals surface area (Å²) >= 11 is 1.60. The molecule has 1 N–H and O–H groups in total. The fourth-order valence-electron chi connectivity index (χ4n) is 4.16. The first-order valence-corrected chi connectivity index (χ1v) is 12.2. The van der Waals surface area contributed by atoms with Gasteiger partial charge in [-0.15, -0.1) is 11.8 Å². The molecule has 0 saturated carbocycles. The summed E-state index contributed by atoms with van der Waals surface area (Å²) in [6.07, 6.45) is 0. The third kappa shape index (κ3) is 4.37. The van der Waals surface area contributed by atoms with Crippen LogP contribution in [-0.4, -0.2) is 31.7 Å². The minimum Gasteiger partial charge on any atom is -0.378 e. The van der Waals surface area contributed by atoms with Gasteiger partial charge in [0.15, 0.2) is 0 Å². The monoisotopic (exact) mass is 467 g/mol. The number of hydrogen-bond donors (Lipinski definition) is 1. The van der Waals surface area contributed by atoms with Crippen molar-refractivity contribution in [2.45, 2.75) is 5.37 Å². The molecule has 1 saturated heterocycles. The van der Waals surface area contributed by atoms with E-state index in [4.69, 9.17) is 0 Å². The Morgan fingerprint density at radius 1 is 0.912 bits per heavy atom. The molecule has 5 rings (SSSR count). The van der Waals surface area contributed by atoms with E-state index in [1.165, 1.54) is 0 Å². The van der Waals surface area contributed by atoms with Crippen LogP contribution < -0.4 is 15.1 Å². The zero-order chi connectivity index (χ0) is 23.7. The number of nitrogens with one attached hydrogen (secondary N) is 1. The minimum atomic E-state index is -0.158. The maximum absolute atomic E-state index is 12.9. The molecule has 1 unspecified atom stereocenters. The van der Waals surface area contributed by atoms with Gasteiger partial charge in [-0.05, 0) is 64.9 Å². The maximum Gasteiger partial charge on any atom is 0.255 e. The van der Waals surface area contributed by atoms with Crippen molar-refractivity contribution >= 4 is 51.4 Å². The molecule has 1 atom stereocenters. The summed E-state index contributed by atoms with van der Waals surface area (Å²) in [7, 11) is 3.98. The van der Waals surface area contributed by atoms with Crippen molar-refractivity contribution in [2.24, 2.45) is 0 Å². The van der Waals surface area contributed by atoms with Crippen LogP contribution in [0.5, 0.6) is 0 Å². The van der Waals surface area contributed by atoms with Gasteiger partial charge in [-0.25, -0.2) is 0 Å². The van der Waals surface area contributed by atoms with Gasteiger partial charge in [0.2, 0.25) is 5.91 Å². The lowest BCUT2D eigenvalue weighted by Gasteiger charge is -2.25. The van der Waals surface area contributed by atoms with E-state index in [2.05, 4.69) is 5.32 Å². The highest BCUT2D eigenvalue weighted by Crippen LogP contribution is 2.42. The largest absolute Gasteiger partial charge is 0.378 e. The summed E-state index contributed by atoms with van der Waals surface area (Å²) in [6, 6.07) is 29.4. The second-order valence-corrected chi connectivity index (χ2v) is 9.55. The lowest BCUT2D eigenvalue weighted by atomic mass is 10.1. The summed E-state index contributed by atoms with van der Waals surface area (Å²) < 4.78 is 0. The highest BCUT2D eigenvalue weighted by atomic mass is 32.2.